The van der Waals surface area contributed by atoms with Gasteiger partial charge in [-0.3, -0.25) is 4.98 Å². The van der Waals surface area contributed by atoms with E-state index in [0.717, 1.165) is 29.4 Å². The van der Waals surface area contributed by atoms with Gasteiger partial charge in [0.15, 0.2) is 5.60 Å². The molecule has 2 unspecified atom stereocenters. The summed E-state index contributed by atoms with van der Waals surface area (Å²) < 4.78 is 51.2. The van der Waals surface area contributed by atoms with Crippen LogP contribution in [0.1, 0.15) is 43.7 Å². The largest absolute Gasteiger partial charge is 0.418 e. The number of rotatable bonds is 7. The number of hydrogen-bond acceptors (Lipinski definition) is 3. The molecular weight excluding hydrogens is 401 g/mol. The van der Waals surface area contributed by atoms with Crippen molar-refractivity contribution in [2.24, 2.45) is 0 Å². The molecule has 1 heterocycles. The molecule has 0 fully saturated rings. The number of benzene rings is 2. The molecule has 4 rings (SSSR count). The quantitative estimate of drug-likeness (QED) is 0.483. The zero-order valence-corrected chi connectivity index (χ0v) is 17.5. The van der Waals surface area contributed by atoms with Crippen LogP contribution in [0.4, 0.5) is 18.9 Å². The monoisotopic (exact) mass is 429 g/mol. The zero-order chi connectivity index (χ0) is 22.8. The molecule has 0 aliphatic heterocycles. The lowest BCUT2D eigenvalue weighted by atomic mass is 9.63. The second-order valence-corrected chi connectivity index (χ2v) is 8.54. The summed E-state index contributed by atoms with van der Waals surface area (Å²) in [4.78, 5) is 4.27. The van der Waals surface area contributed by atoms with E-state index in [-0.39, 0.29) is 6.42 Å². The first-order valence-corrected chi connectivity index (χ1v) is 10.7. The summed E-state index contributed by atoms with van der Waals surface area (Å²) in [7, 11) is 0. The Morgan fingerprint density at radius 1 is 1.13 bits per heavy atom. The fourth-order valence-electron chi connectivity index (χ4n) is 4.99. The molecule has 3 nitrogen and oxygen atoms in total. The number of aliphatic hydroxyl groups is 1. The van der Waals surface area contributed by atoms with Crippen LogP contribution in [0.15, 0.2) is 60.8 Å². The van der Waals surface area contributed by atoms with Crippen molar-refractivity contribution in [1.29, 1.82) is 1.43 Å². The van der Waals surface area contributed by atoms with Crippen molar-refractivity contribution in [1.82, 2.24) is 4.98 Å². The van der Waals surface area contributed by atoms with Gasteiger partial charge in [0.05, 0.1) is 12.1 Å². The van der Waals surface area contributed by atoms with Gasteiger partial charge >= 0.3 is 6.18 Å². The van der Waals surface area contributed by atoms with Gasteiger partial charge in [-0.2, -0.15) is 13.2 Å². The van der Waals surface area contributed by atoms with Gasteiger partial charge in [0, 0.05) is 17.3 Å². The predicted molar refractivity (Wildman–Crippen MR) is 117 cm³/mol. The van der Waals surface area contributed by atoms with Crippen molar-refractivity contribution in [3.8, 4) is 0 Å². The number of nitrogens with zero attached hydrogens (tertiary/aromatic N) is 1. The lowest BCUT2D eigenvalue weighted by Crippen LogP contribution is -2.55. The highest BCUT2D eigenvalue weighted by Gasteiger charge is 2.57. The Balaban J connectivity index is 1.71. The molecule has 2 N–H and O–H groups in total. The Hall–Kier alpha value is -2.60. The molecule has 2 atom stereocenters. The maximum absolute atomic E-state index is 14.5. The van der Waals surface area contributed by atoms with Gasteiger partial charge in [0.2, 0.25) is 1.43 Å². The van der Waals surface area contributed by atoms with E-state index in [2.05, 4.69) is 15.4 Å². The van der Waals surface area contributed by atoms with Crippen molar-refractivity contribution < 1.29 is 18.3 Å². The van der Waals surface area contributed by atoms with Crippen molar-refractivity contribution >= 4 is 16.6 Å². The summed E-state index contributed by atoms with van der Waals surface area (Å²) in [6, 6.07) is 16.6. The van der Waals surface area contributed by atoms with E-state index < -0.39 is 23.7 Å². The van der Waals surface area contributed by atoms with Crippen LogP contribution in [0.5, 0.6) is 0 Å². The van der Waals surface area contributed by atoms with E-state index in [1.165, 1.54) is 0 Å². The number of alkyl halides is 3. The fourth-order valence-corrected chi connectivity index (χ4v) is 4.99. The fraction of sp³-hybridized carbons (Fsp3) is 0.400. The summed E-state index contributed by atoms with van der Waals surface area (Å²) in [5.41, 5.74) is -0.0850. The molecule has 0 bridgehead atoms. The van der Waals surface area contributed by atoms with E-state index in [4.69, 9.17) is 1.43 Å². The van der Waals surface area contributed by atoms with Gasteiger partial charge in [-0.15, -0.1) is 0 Å². The van der Waals surface area contributed by atoms with Crippen LogP contribution >= 0.6 is 0 Å². The van der Waals surface area contributed by atoms with Crippen LogP contribution in [-0.2, 0) is 11.8 Å². The minimum atomic E-state index is -4.72. The van der Waals surface area contributed by atoms with Crippen molar-refractivity contribution in [2.45, 2.75) is 56.2 Å². The lowest BCUT2D eigenvalue weighted by Gasteiger charge is -2.44. The first kappa shape index (κ1) is 20.3. The van der Waals surface area contributed by atoms with Crippen molar-refractivity contribution in [3.05, 3.63) is 71.9 Å². The van der Waals surface area contributed by atoms with Crippen LogP contribution in [-0.4, -0.2) is 29.8 Å². The highest BCUT2D eigenvalue weighted by atomic mass is 19.4. The normalized spacial score (nSPS) is 21.2. The topological polar surface area (TPSA) is 45.1 Å². The zero-order valence-electron chi connectivity index (χ0n) is 18.5. The van der Waals surface area contributed by atoms with E-state index in [1.54, 1.807) is 24.4 Å². The summed E-state index contributed by atoms with van der Waals surface area (Å²) in [5, 5.41) is 8.29. The van der Waals surface area contributed by atoms with Crippen LogP contribution in [0.25, 0.3) is 10.9 Å². The molecule has 3 aromatic rings. The Labute approximate surface area is 181 Å². The molecule has 2 aromatic carbocycles. The van der Waals surface area contributed by atoms with Crippen LogP contribution < -0.4 is 5.32 Å². The number of pyridine rings is 1. The Bertz CT molecular complexity index is 1080. The summed E-state index contributed by atoms with van der Waals surface area (Å²) in [6.45, 7) is 1.37. The Morgan fingerprint density at radius 3 is 2.74 bits per heavy atom. The minimum Gasteiger partial charge on any atom is -0.381 e. The highest BCUT2D eigenvalue weighted by molar-refractivity contribution is 5.91. The molecule has 0 amide bonds. The van der Waals surface area contributed by atoms with Gasteiger partial charge in [0.1, 0.15) is 0 Å². The number of aryl methyl sites for hydroxylation is 1. The van der Waals surface area contributed by atoms with Gasteiger partial charge < -0.3 is 10.4 Å². The first-order valence-electron chi connectivity index (χ1n) is 11.1. The maximum Gasteiger partial charge on any atom is 0.418 e. The summed E-state index contributed by atoms with van der Waals surface area (Å²) in [6.07, 6.45) is -0.525. The molecule has 31 heavy (non-hydrogen) atoms. The molecule has 0 saturated carbocycles. The van der Waals surface area contributed by atoms with Gasteiger partial charge in [-0.05, 0) is 72.9 Å². The van der Waals surface area contributed by atoms with Gasteiger partial charge in [0.25, 0.3) is 0 Å². The predicted octanol–water partition coefficient (Wildman–Crippen LogP) is 6.01. The minimum absolute atomic E-state index is 0.309. The summed E-state index contributed by atoms with van der Waals surface area (Å²) in [5.74, 6) is 0. The molecule has 0 saturated heterocycles. The van der Waals surface area contributed by atoms with Gasteiger partial charge in [-0.1, -0.05) is 37.3 Å². The van der Waals surface area contributed by atoms with Crippen molar-refractivity contribution in [2.75, 3.05) is 11.9 Å². The molecule has 1 aromatic heterocycles. The molecule has 6 heteroatoms. The smallest absolute Gasteiger partial charge is 0.381 e. The molecule has 1 aliphatic carbocycles. The number of hydrogen-bond donors (Lipinski definition) is 2. The standard InChI is InChI=1S/C25H27F3N2O/c1-2-23(14-6-9-18-8-3-4-11-20(18)23)16-24(31,25(26,27)28)17-30-22-13-5-12-21-19(22)10-7-15-29-21/h3-5,7-8,10-13,15,30-31H,2,6,9,14,16-17H2,1H3/i31D. The first-order chi connectivity index (χ1) is 15.3. The molecule has 0 radical (unpaired) electrons. The Kier molecular flexibility index (Phi) is 5.34. The van der Waals surface area contributed by atoms with Crippen molar-refractivity contribution in [3.63, 3.8) is 0 Å². The van der Waals surface area contributed by atoms with E-state index >= 15 is 0 Å². The average Bonchev–Trinajstić information content (AvgIpc) is 2.81. The van der Waals surface area contributed by atoms with E-state index in [0.29, 0.717) is 24.0 Å². The Morgan fingerprint density at radius 2 is 1.97 bits per heavy atom. The van der Waals surface area contributed by atoms with Crippen LogP contribution in [0.3, 0.4) is 0 Å². The van der Waals surface area contributed by atoms with Crippen LogP contribution in [0, 0.1) is 0 Å². The van der Waals surface area contributed by atoms with E-state index in [9.17, 15) is 13.2 Å². The number of nitrogens with one attached hydrogen (secondary N) is 1. The molecular formula is C25H27F3N2O. The third-order valence-corrected chi connectivity index (χ3v) is 6.72. The molecule has 164 valence electrons. The number of aromatic nitrogens is 1. The number of anilines is 1. The lowest BCUT2D eigenvalue weighted by molar-refractivity contribution is -0.262. The highest BCUT2D eigenvalue weighted by Crippen LogP contribution is 2.48. The second-order valence-electron chi connectivity index (χ2n) is 8.54. The molecule has 0 spiro atoms. The third kappa shape index (κ3) is 4.01. The number of halogens is 3. The number of fused-ring (bicyclic) bond motifs is 2. The van der Waals surface area contributed by atoms with Crippen LogP contribution in [0.2, 0.25) is 0 Å². The molecule has 1 aliphatic rings. The second kappa shape index (κ2) is 8.15. The van der Waals surface area contributed by atoms with E-state index in [1.807, 2.05) is 43.3 Å². The SMILES string of the molecule is [2H]OC(CNc1cccc2ncccc12)(CC1(CC)CCCc2ccccc21)C(F)(F)F. The average molecular weight is 430 g/mol. The summed E-state index contributed by atoms with van der Waals surface area (Å²) >= 11 is 0. The third-order valence-electron chi connectivity index (χ3n) is 6.72. The van der Waals surface area contributed by atoms with Gasteiger partial charge in [-0.25, -0.2) is 0 Å². The maximum atomic E-state index is 14.5.